The van der Waals surface area contributed by atoms with Gasteiger partial charge in [-0.2, -0.15) is 0 Å². The van der Waals surface area contributed by atoms with Crippen LogP contribution in [-0.4, -0.2) is 15.0 Å². The Morgan fingerprint density at radius 3 is 2.76 bits per heavy atom. The molecule has 0 aliphatic rings. The molecule has 2 aromatic heterocycles. The number of pyridine rings is 1. The molecule has 2 heterocycles. The molecule has 0 aliphatic carbocycles. The van der Waals surface area contributed by atoms with E-state index in [0.717, 1.165) is 11.0 Å². The van der Waals surface area contributed by atoms with Gasteiger partial charge in [0.25, 0.3) is 0 Å². The van der Waals surface area contributed by atoms with E-state index in [1.807, 2.05) is 6.07 Å². The molecule has 0 aliphatic heterocycles. The van der Waals surface area contributed by atoms with Crippen molar-refractivity contribution < 1.29 is 4.74 Å². The molecule has 0 atom stereocenters. The Labute approximate surface area is 96.1 Å². The molecule has 84 valence electrons. The fourth-order valence-electron chi connectivity index (χ4n) is 1.62. The van der Waals surface area contributed by atoms with Crippen LogP contribution in [0.3, 0.4) is 0 Å². The molecule has 0 spiro atoms. The van der Waals surface area contributed by atoms with E-state index in [9.17, 15) is 4.79 Å². The molecule has 5 nitrogen and oxygen atoms in total. The van der Waals surface area contributed by atoms with Crippen LogP contribution in [0.15, 0.2) is 47.5 Å². The maximum atomic E-state index is 11.1. The average molecular weight is 227 g/mol. The number of hydrogen-bond donors (Lipinski definition) is 2. The van der Waals surface area contributed by atoms with Gasteiger partial charge < -0.3 is 14.7 Å². The lowest BCUT2D eigenvalue weighted by molar-refractivity contribution is 0.481. The fourth-order valence-corrected chi connectivity index (χ4v) is 1.62. The van der Waals surface area contributed by atoms with Gasteiger partial charge in [0.05, 0.1) is 17.2 Å². The topological polar surface area (TPSA) is 70.8 Å². The lowest BCUT2D eigenvalue weighted by Gasteiger charge is -2.04. The number of aromatic nitrogens is 3. The van der Waals surface area contributed by atoms with Gasteiger partial charge in [0.1, 0.15) is 11.5 Å². The van der Waals surface area contributed by atoms with Crippen LogP contribution in [0.4, 0.5) is 0 Å². The number of hydrogen-bond acceptors (Lipinski definition) is 3. The molecule has 2 N–H and O–H groups in total. The van der Waals surface area contributed by atoms with E-state index in [0.29, 0.717) is 11.5 Å². The molecule has 0 saturated carbocycles. The van der Waals surface area contributed by atoms with E-state index in [4.69, 9.17) is 4.74 Å². The highest BCUT2D eigenvalue weighted by atomic mass is 16.5. The Hall–Kier alpha value is -2.56. The minimum absolute atomic E-state index is 0.224. The van der Waals surface area contributed by atoms with Gasteiger partial charge in [-0.3, -0.25) is 4.98 Å². The Bertz CT molecular complexity index is 700. The number of nitrogens with zero attached hydrogens (tertiary/aromatic N) is 1. The summed E-state index contributed by atoms with van der Waals surface area (Å²) >= 11 is 0. The highest BCUT2D eigenvalue weighted by Gasteiger charge is 2.01. The maximum Gasteiger partial charge on any atom is 0.323 e. The van der Waals surface area contributed by atoms with Gasteiger partial charge in [-0.25, -0.2) is 4.79 Å². The van der Waals surface area contributed by atoms with Crippen molar-refractivity contribution in [3.05, 3.63) is 53.2 Å². The van der Waals surface area contributed by atoms with Crippen molar-refractivity contribution in [1.29, 1.82) is 0 Å². The van der Waals surface area contributed by atoms with E-state index >= 15 is 0 Å². The summed E-state index contributed by atoms with van der Waals surface area (Å²) in [6.45, 7) is 0. The highest BCUT2D eigenvalue weighted by Crippen LogP contribution is 2.22. The summed E-state index contributed by atoms with van der Waals surface area (Å²) in [5.74, 6) is 1.31. The molecule has 0 amide bonds. The second-order valence-electron chi connectivity index (χ2n) is 3.58. The number of imidazole rings is 1. The van der Waals surface area contributed by atoms with Crippen LogP contribution >= 0.6 is 0 Å². The summed E-state index contributed by atoms with van der Waals surface area (Å²) < 4.78 is 5.60. The SMILES string of the molecule is O=c1[nH]c2ccc(Oc3cccnc3)cc2[nH]1. The van der Waals surface area contributed by atoms with E-state index in [-0.39, 0.29) is 5.69 Å². The zero-order valence-corrected chi connectivity index (χ0v) is 8.81. The number of nitrogens with one attached hydrogen (secondary N) is 2. The number of H-pyrrole nitrogens is 2. The van der Waals surface area contributed by atoms with Crippen LogP contribution < -0.4 is 10.4 Å². The normalized spacial score (nSPS) is 10.6. The van der Waals surface area contributed by atoms with E-state index in [2.05, 4.69) is 15.0 Å². The molecular formula is C12H9N3O2. The maximum absolute atomic E-state index is 11.1. The Morgan fingerprint density at radius 1 is 1.06 bits per heavy atom. The van der Waals surface area contributed by atoms with Crippen LogP contribution in [0.25, 0.3) is 11.0 Å². The number of aromatic amines is 2. The molecular weight excluding hydrogens is 218 g/mol. The molecule has 0 radical (unpaired) electrons. The Morgan fingerprint density at radius 2 is 1.94 bits per heavy atom. The number of rotatable bonds is 2. The van der Waals surface area contributed by atoms with Crippen LogP contribution in [0.2, 0.25) is 0 Å². The third-order valence-corrected chi connectivity index (χ3v) is 2.36. The van der Waals surface area contributed by atoms with Gasteiger partial charge in [0, 0.05) is 12.3 Å². The summed E-state index contributed by atoms with van der Waals surface area (Å²) in [7, 11) is 0. The Balaban J connectivity index is 1.98. The van der Waals surface area contributed by atoms with E-state index in [1.165, 1.54) is 0 Å². The summed E-state index contributed by atoms with van der Waals surface area (Å²) in [6, 6.07) is 8.96. The quantitative estimate of drug-likeness (QED) is 0.703. The summed E-state index contributed by atoms with van der Waals surface area (Å²) in [5.41, 5.74) is 1.25. The third kappa shape index (κ3) is 1.90. The number of ether oxygens (including phenoxy) is 1. The predicted octanol–water partition coefficient (Wildman–Crippen LogP) is 2.04. The summed E-state index contributed by atoms with van der Waals surface area (Å²) in [6.07, 6.45) is 3.31. The Kier molecular flexibility index (Phi) is 2.15. The molecule has 0 fully saturated rings. The first kappa shape index (κ1) is 9.65. The molecule has 1 aromatic carbocycles. The minimum Gasteiger partial charge on any atom is -0.456 e. The van der Waals surface area contributed by atoms with Crippen molar-refractivity contribution in [2.24, 2.45) is 0 Å². The first-order valence-electron chi connectivity index (χ1n) is 5.11. The van der Waals surface area contributed by atoms with Gasteiger partial charge in [-0.05, 0) is 24.3 Å². The third-order valence-electron chi connectivity index (χ3n) is 2.36. The largest absolute Gasteiger partial charge is 0.456 e. The minimum atomic E-state index is -0.224. The van der Waals surface area contributed by atoms with Crippen LogP contribution in [0, 0.1) is 0 Å². The van der Waals surface area contributed by atoms with Crippen molar-refractivity contribution in [2.75, 3.05) is 0 Å². The second-order valence-corrected chi connectivity index (χ2v) is 3.58. The molecule has 0 saturated heterocycles. The zero-order chi connectivity index (χ0) is 11.7. The first-order valence-corrected chi connectivity index (χ1v) is 5.11. The molecule has 5 heteroatoms. The monoisotopic (exact) mass is 227 g/mol. The van der Waals surface area contributed by atoms with Gasteiger partial charge in [-0.1, -0.05) is 0 Å². The van der Waals surface area contributed by atoms with Crippen molar-refractivity contribution >= 4 is 11.0 Å². The standard InChI is InChI=1S/C12H9N3O2/c16-12-14-10-4-3-8(6-11(10)15-12)17-9-2-1-5-13-7-9/h1-7H,(H2,14,15,16). The second kappa shape index (κ2) is 3.79. The van der Waals surface area contributed by atoms with Crippen molar-refractivity contribution in [1.82, 2.24) is 15.0 Å². The molecule has 0 bridgehead atoms. The molecule has 3 rings (SSSR count). The molecule has 0 unspecified atom stereocenters. The van der Waals surface area contributed by atoms with Crippen molar-refractivity contribution in [3.63, 3.8) is 0 Å². The highest BCUT2D eigenvalue weighted by molar-refractivity contribution is 5.76. The summed E-state index contributed by atoms with van der Waals surface area (Å²) in [5, 5.41) is 0. The average Bonchev–Trinajstić information content (AvgIpc) is 2.70. The van der Waals surface area contributed by atoms with E-state index in [1.54, 1.807) is 36.7 Å². The van der Waals surface area contributed by atoms with Gasteiger partial charge >= 0.3 is 5.69 Å². The van der Waals surface area contributed by atoms with Crippen LogP contribution in [0.1, 0.15) is 0 Å². The smallest absolute Gasteiger partial charge is 0.323 e. The van der Waals surface area contributed by atoms with E-state index < -0.39 is 0 Å². The lowest BCUT2D eigenvalue weighted by Crippen LogP contribution is -1.99. The van der Waals surface area contributed by atoms with Gasteiger partial charge in [-0.15, -0.1) is 0 Å². The van der Waals surface area contributed by atoms with Crippen LogP contribution in [0.5, 0.6) is 11.5 Å². The predicted molar refractivity (Wildman–Crippen MR) is 63.2 cm³/mol. The van der Waals surface area contributed by atoms with Gasteiger partial charge in [0.15, 0.2) is 0 Å². The summed E-state index contributed by atoms with van der Waals surface area (Å²) in [4.78, 5) is 20.4. The number of fused-ring (bicyclic) bond motifs is 1. The molecule has 17 heavy (non-hydrogen) atoms. The van der Waals surface area contributed by atoms with Crippen molar-refractivity contribution in [3.8, 4) is 11.5 Å². The zero-order valence-electron chi connectivity index (χ0n) is 8.81. The van der Waals surface area contributed by atoms with Crippen molar-refractivity contribution in [2.45, 2.75) is 0 Å². The molecule has 3 aromatic rings. The van der Waals surface area contributed by atoms with Crippen LogP contribution in [-0.2, 0) is 0 Å². The fraction of sp³-hybridized carbons (Fsp3) is 0. The first-order chi connectivity index (χ1) is 8.31. The number of benzene rings is 1. The lowest BCUT2D eigenvalue weighted by atomic mass is 10.3. The van der Waals surface area contributed by atoms with Gasteiger partial charge in [0.2, 0.25) is 0 Å².